The number of fused-ring (bicyclic) bond motifs is 1. The fourth-order valence-corrected chi connectivity index (χ4v) is 4.57. The molecule has 0 radical (unpaired) electrons. The number of nitrogens with zero attached hydrogens (tertiary/aromatic N) is 5. The molecule has 0 N–H and O–H groups in total. The quantitative estimate of drug-likeness (QED) is 0.263. The van der Waals surface area contributed by atoms with E-state index in [9.17, 15) is 4.79 Å². The van der Waals surface area contributed by atoms with Crippen molar-refractivity contribution in [2.75, 3.05) is 0 Å². The van der Waals surface area contributed by atoms with Gasteiger partial charge in [0, 0.05) is 23.2 Å². The molecule has 0 amide bonds. The molecule has 38 heavy (non-hydrogen) atoms. The van der Waals surface area contributed by atoms with Crippen LogP contribution < -0.4 is 0 Å². The number of benzene rings is 4. The summed E-state index contributed by atoms with van der Waals surface area (Å²) in [5, 5.41) is 8.24. The highest BCUT2D eigenvalue weighted by Gasteiger charge is 2.15. The zero-order valence-corrected chi connectivity index (χ0v) is 21.0. The SMILES string of the molecule is Cc1ccc(-n2cnnc2CC(=O)Cc2ccc3nc(-c4ccccc4)c(-c4ccccc4)nc3c2)cc1. The predicted molar refractivity (Wildman–Crippen MR) is 149 cm³/mol. The van der Waals surface area contributed by atoms with Crippen LogP contribution in [0.3, 0.4) is 0 Å². The Morgan fingerprint density at radius 3 is 2.00 bits per heavy atom. The first-order chi connectivity index (χ1) is 18.6. The van der Waals surface area contributed by atoms with Crippen molar-refractivity contribution in [3.63, 3.8) is 0 Å². The number of rotatable bonds is 7. The fraction of sp³-hybridized carbons (Fsp3) is 0.0938. The second-order valence-electron chi connectivity index (χ2n) is 9.32. The average Bonchev–Trinajstić information content (AvgIpc) is 3.41. The van der Waals surface area contributed by atoms with Crippen LogP contribution >= 0.6 is 0 Å². The molecule has 0 aliphatic carbocycles. The number of carbonyl (C=O) groups is 1. The largest absolute Gasteiger partial charge is 0.299 e. The molecule has 6 nitrogen and oxygen atoms in total. The Labute approximate surface area is 220 Å². The van der Waals surface area contributed by atoms with Crippen LogP contribution in [0.1, 0.15) is 17.0 Å². The summed E-state index contributed by atoms with van der Waals surface area (Å²) in [6, 6.07) is 34.1. The molecule has 6 aromatic rings. The maximum atomic E-state index is 13.1. The third-order valence-corrected chi connectivity index (χ3v) is 6.51. The van der Waals surface area contributed by atoms with Crippen molar-refractivity contribution in [1.82, 2.24) is 24.7 Å². The first-order valence-electron chi connectivity index (χ1n) is 12.5. The van der Waals surface area contributed by atoms with Gasteiger partial charge >= 0.3 is 0 Å². The summed E-state index contributed by atoms with van der Waals surface area (Å²) in [7, 11) is 0. The third-order valence-electron chi connectivity index (χ3n) is 6.51. The number of aromatic nitrogens is 5. The summed E-state index contributed by atoms with van der Waals surface area (Å²) in [6.07, 6.45) is 2.12. The molecule has 0 bridgehead atoms. The molecule has 6 heteroatoms. The Hall–Kier alpha value is -4.97. The lowest BCUT2D eigenvalue weighted by Gasteiger charge is -2.11. The predicted octanol–water partition coefficient (Wildman–Crippen LogP) is 6.21. The molecular weight excluding hydrogens is 470 g/mol. The fourth-order valence-electron chi connectivity index (χ4n) is 4.57. The van der Waals surface area contributed by atoms with Gasteiger partial charge in [-0.2, -0.15) is 0 Å². The van der Waals surface area contributed by atoms with Crippen LogP contribution in [0, 0.1) is 6.92 Å². The lowest BCUT2D eigenvalue weighted by Crippen LogP contribution is -2.11. The van der Waals surface area contributed by atoms with E-state index >= 15 is 0 Å². The third kappa shape index (κ3) is 4.84. The molecule has 4 aromatic carbocycles. The van der Waals surface area contributed by atoms with E-state index in [-0.39, 0.29) is 18.6 Å². The van der Waals surface area contributed by atoms with E-state index in [1.54, 1.807) is 6.33 Å². The lowest BCUT2D eigenvalue weighted by molar-refractivity contribution is -0.117. The van der Waals surface area contributed by atoms with Gasteiger partial charge in [0.05, 0.1) is 28.8 Å². The first kappa shape index (κ1) is 23.4. The van der Waals surface area contributed by atoms with Crippen LogP contribution in [0.4, 0.5) is 0 Å². The van der Waals surface area contributed by atoms with Crippen LogP contribution in [-0.2, 0) is 17.6 Å². The molecule has 0 fully saturated rings. The van der Waals surface area contributed by atoms with Gasteiger partial charge in [-0.3, -0.25) is 9.36 Å². The Kier molecular flexibility index (Phi) is 6.28. The molecule has 6 rings (SSSR count). The minimum atomic E-state index is 0.0582. The molecule has 0 saturated heterocycles. The zero-order valence-electron chi connectivity index (χ0n) is 21.0. The summed E-state index contributed by atoms with van der Waals surface area (Å²) in [5.41, 5.74) is 8.22. The number of ketones is 1. The number of hydrogen-bond donors (Lipinski definition) is 0. The molecule has 2 aromatic heterocycles. The lowest BCUT2D eigenvalue weighted by atomic mass is 10.0. The Morgan fingerprint density at radius 2 is 1.34 bits per heavy atom. The maximum absolute atomic E-state index is 13.1. The van der Waals surface area contributed by atoms with Gasteiger partial charge in [0.2, 0.25) is 0 Å². The molecule has 0 saturated carbocycles. The van der Waals surface area contributed by atoms with E-state index in [1.165, 1.54) is 5.56 Å². The number of carbonyl (C=O) groups excluding carboxylic acids is 1. The van der Waals surface area contributed by atoms with E-state index in [0.717, 1.165) is 44.8 Å². The van der Waals surface area contributed by atoms with Crippen molar-refractivity contribution in [2.24, 2.45) is 0 Å². The molecule has 0 aliphatic heterocycles. The van der Waals surface area contributed by atoms with Crippen LogP contribution in [0.25, 0.3) is 39.2 Å². The van der Waals surface area contributed by atoms with Crippen molar-refractivity contribution in [3.8, 4) is 28.2 Å². The van der Waals surface area contributed by atoms with E-state index in [2.05, 4.69) is 10.2 Å². The highest BCUT2D eigenvalue weighted by molar-refractivity contribution is 5.88. The van der Waals surface area contributed by atoms with Crippen LogP contribution in [-0.4, -0.2) is 30.5 Å². The standard InChI is InChI=1S/C32H25N5O/c1-22-12-15-26(16-13-22)37-21-33-36-30(37)20-27(38)18-23-14-17-28-29(19-23)35-32(25-10-6-3-7-11-25)31(34-28)24-8-4-2-5-9-24/h2-17,19,21H,18,20H2,1H3. The topological polar surface area (TPSA) is 73.6 Å². The molecule has 0 aliphatic rings. The van der Waals surface area contributed by atoms with Gasteiger partial charge in [-0.15, -0.1) is 10.2 Å². The maximum Gasteiger partial charge on any atom is 0.144 e. The van der Waals surface area contributed by atoms with Gasteiger partial charge in [-0.05, 0) is 36.8 Å². The van der Waals surface area contributed by atoms with E-state index < -0.39 is 0 Å². The monoisotopic (exact) mass is 495 g/mol. The molecule has 0 unspecified atom stereocenters. The van der Waals surface area contributed by atoms with Gasteiger partial charge in [-0.1, -0.05) is 84.4 Å². The van der Waals surface area contributed by atoms with Gasteiger partial charge in [0.1, 0.15) is 17.9 Å². The summed E-state index contributed by atoms with van der Waals surface area (Å²) in [6.45, 7) is 2.04. The van der Waals surface area contributed by atoms with E-state index in [0.29, 0.717) is 5.82 Å². The van der Waals surface area contributed by atoms with Gasteiger partial charge in [-0.25, -0.2) is 9.97 Å². The Bertz CT molecular complexity index is 1730. The summed E-state index contributed by atoms with van der Waals surface area (Å²) in [4.78, 5) is 23.1. The molecular formula is C32H25N5O. The van der Waals surface area contributed by atoms with Crippen LogP contribution in [0.2, 0.25) is 0 Å². The Balaban J connectivity index is 1.30. The first-order valence-corrected chi connectivity index (χ1v) is 12.5. The van der Waals surface area contributed by atoms with Crippen molar-refractivity contribution in [2.45, 2.75) is 19.8 Å². The summed E-state index contributed by atoms with van der Waals surface area (Å²) in [5.74, 6) is 0.682. The molecule has 2 heterocycles. The Morgan fingerprint density at radius 1 is 0.711 bits per heavy atom. The molecule has 184 valence electrons. The van der Waals surface area contributed by atoms with Crippen molar-refractivity contribution >= 4 is 16.8 Å². The van der Waals surface area contributed by atoms with Crippen LogP contribution in [0.15, 0.2) is 109 Å². The van der Waals surface area contributed by atoms with Gasteiger partial charge in [0.25, 0.3) is 0 Å². The smallest absolute Gasteiger partial charge is 0.144 e. The number of Topliss-reactive ketones (excluding diaryl/α,β-unsaturated/α-hetero) is 1. The second-order valence-corrected chi connectivity index (χ2v) is 9.32. The van der Waals surface area contributed by atoms with Crippen molar-refractivity contribution in [1.29, 1.82) is 0 Å². The number of hydrogen-bond acceptors (Lipinski definition) is 5. The zero-order chi connectivity index (χ0) is 25.9. The van der Waals surface area contributed by atoms with Crippen LogP contribution in [0.5, 0.6) is 0 Å². The molecule has 0 atom stereocenters. The average molecular weight is 496 g/mol. The normalized spacial score (nSPS) is 11.1. The minimum Gasteiger partial charge on any atom is -0.299 e. The highest BCUT2D eigenvalue weighted by atomic mass is 16.1. The summed E-state index contributed by atoms with van der Waals surface area (Å²) >= 11 is 0. The molecule has 0 spiro atoms. The number of aryl methyl sites for hydroxylation is 1. The second kappa shape index (κ2) is 10.2. The van der Waals surface area contributed by atoms with Crippen molar-refractivity contribution in [3.05, 3.63) is 126 Å². The van der Waals surface area contributed by atoms with Gasteiger partial charge in [0.15, 0.2) is 0 Å². The summed E-state index contributed by atoms with van der Waals surface area (Å²) < 4.78 is 1.86. The van der Waals surface area contributed by atoms with Crippen molar-refractivity contribution < 1.29 is 4.79 Å². The van der Waals surface area contributed by atoms with E-state index in [4.69, 9.17) is 9.97 Å². The highest BCUT2D eigenvalue weighted by Crippen LogP contribution is 2.31. The van der Waals surface area contributed by atoms with Gasteiger partial charge < -0.3 is 0 Å². The minimum absolute atomic E-state index is 0.0582. The van der Waals surface area contributed by atoms with E-state index in [1.807, 2.05) is 115 Å².